The predicted octanol–water partition coefficient (Wildman–Crippen LogP) is 0.0703. The van der Waals surface area contributed by atoms with Crippen LogP contribution < -0.4 is 5.32 Å². The Morgan fingerprint density at radius 3 is 3.10 bits per heavy atom. The molecule has 0 spiro atoms. The summed E-state index contributed by atoms with van der Waals surface area (Å²) >= 11 is 0. The molecule has 5 heteroatoms. The summed E-state index contributed by atoms with van der Waals surface area (Å²) in [5.41, 5.74) is 0. The van der Waals surface area contributed by atoms with Gasteiger partial charge in [-0.2, -0.15) is 0 Å². The molecule has 0 bridgehead atoms. The molecule has 1 atom stereocenters. The van der Waals surface area contributed by atoms with Gasteiger partial charge in [-0.3, -0.25) is 10.1 Å². The lowest BCUT2D eigenvalue weighted by molar-refractivity contribution is -0.405. The summed E-state index contributed by atoms with van der Waals surface area (Å²) in [5.74, 6) is 0.248. The first-order chi connectivity index (χ1) is 4.68. The van der Waals surface area contributed by atoms with Gasteiger partial charge in [0.2, 0.25) is 0 Å². The summed E-state index contributed by atoms with van der Waals surface area (Å²) < 4.78 is 4.88. The summed E-state index contributed by atoms with van der Waals surface area (Å²) in [5, 5.41) is 12.7. The minimum atomic E-state index is -0.541. The second kappa shape index (κ2) is 2.55. The molecular formula is C5H8N2O3. The van der Waals surface area contributed by atoms with Gasteiger partial charge < -0.3 is 10.1 Å². The van der Waals surface area contributed by atoms with Crippen molar-refractivity contribution in [3.05, 3.63) is 22.2 Å². The minimum absolute atomic E-state index is 0.172. The molecule has 0 amide bonds. The van der Waals surface area contributed by atoms with Gasteiger partial charge in [-0.25, -0.2) is 0 Å². The predicted molar refractivity (Wildman–Crippen MR) is 33.6 cm³/mol. The van der Waals surface area contributed by atoms with E-state index >= 15 is 0 Å². The van der Waals surface area contributed by atoms with Gasteiger partial charge in [-0.1, -0.05) is 0 Å². The van der Waals surface area contributed by atoms with Crippen molar-refractivity contribution in [3.63, 3.8) is 0 Å². The van der Waals surface area contributed by atoms with Crippen LogP contribution in [0.3, 0.4) is 0 Å². The molecule has 0 saturated carbocycles. The maximum atomic E-state index is 9.87. The molecule has 1 fully saturated rings. The van der Waals surface area contributed by atoms with Crippen LogP contribution in [0.15, 0.2) is 12.1 Å². The molecule has 1 unspecified atom stereocenters. The Morgan fingerprint density at radius 1 is 2.00 bits per heavy atom. The third-order valence-electron chi connectivity index (χ3n) is 1.10. The molecular weight excluding hydrogens is 136 g/mol. The Kier molecular flexibility index (Phi) is 1.75. The average molecular weight is 144 g/mol. The van der Waals surface area contributed by atoms with Crippen molar-refractivity contribution in [1.29, 1.82) is 0 Å². The minimum Gasteiger partial charge on any atom is -0.473 e. The largest absolute Gasteiger partial charge is 0.473 e. The van der Waals surface area contributed by atoms with Gasteiger partial charge in [-0.15, -0.1) is 0 Å². The first kappa shape index (κ1) is 6.85. The van der Waals surface area contributed by atoms with Crippen LogP contribution in [-0.2, 0) is 4.74 Å². The Labute approximate surface area is 57.8 Å². The lowest BCUT2D eigenvalue weighted by atomic mass is 10.4. The highest BCUT2D eigenvalue weighted by Gasteiger charge is 2.16. The second-order valence-electron chi connectivity index (χ2n) is 2.14. The van der Waals surface area contributed by atoms with Crippen molar-refractivity contribution in [3.8, 4) is 0 Å². The highest BCUT2D eigenvalue weighted by atomic mass is 16.6. The van der Waals surface area contributed by atoms with Crippen LogP contribution in [0.5, 0.6) is 0 Å². The molecule has 1 aliphatic heterocycles. The first-order valence-electron chi connectivity index (χ1n) is 2.93. The van der Waals surface area contributed by atoms with Crippen LogP contribution in [-0.4, -0.2) is 17.6 Å². The summed E-state index contributed by atoms with van der Waals surface area (Å²) in [6.45, 7) is 2.39. The van der Waals surface area contributed by atoms with Gasteiger partial charge in [-0.05, 0) is 6.92 Å². The van der Waals surface area contributed by atoms with E-state index in [-0.39, 0.29) is 11.9 Å². The van der Waals surface area contributed by atoms with E-state index in [0.717, 1.165) is 6.20 Å². The van der Waals surface area contributed by atoms with E-state index in [0.29, 0.717) is 6.61 Å². The molecule has 0 aliphatic carbocycles. The molecule has 1 rings (SSSR count). The molecule has 10 heavy (non-hydrogen) atoms. The summed E-state index contributed by atoms with van der Waals surface area (Å²) in [7, 11) is 0. The molecule has 0 aromatic carbocycles. The fourth-order valence-corrected chi connectivity index (χ4v) is 0.711. The number of nitro groups is 1. The zero-order valence-corrected chi connectivity index (χ0v) is 5.53. The number of ether oxygens (including phenoxy) is 1. The van der Waals surface area contributed by atoms with Gasteiger partial charge >= 0.3 is 0 Å². The molecule has 0 aromatic heterocycles. The SMILES string of the molecule is CC1CO/C(=C/[N+](=O)[O-])N1. The van der Waals surface area contributed by atoms with Crippen molar-refractivity contribution < 1.29 is 9.66 Å². The van der Waals surface area contributed by atoms with Crippen LogP contribution in [0.2, 0.25) is 0 Å². The Bertz CT molecular complexity index is 178. The van der Waals surface area contributed by atoms with E-state index in [2.05, 4.69) is 5.32 Å². The Hall–Kier alpha value is -1.26. The lowest BCUT2D eigenvalue weighted by Gasteiger charge is -1.93. The van der Waals surface area contributed by atoms with Gasteiger partial charge in [0.1, 0.15) is 6.61 Å². The van der Waals surface area contributed by atoms with Crippen molar-refractivity contribution in [2.45, 2.75) is 13.0 Å². The lowest BCUT2D eigenvalue weighted by Crippen LogP contribution is -2.18. The van der Waals surface area contributed by atoms with Gasteiger partial charge in [0.25, 0.3) is 12.1 Å². The normalized spacial score (nSPS) is 27.7. The van der Waals surface area contributed by atoms with Crippen molar-refractivity contribution >= 4 is 0 Å². The first-order valence-corrected chi connectivity index (χ1v) is 2.93. The van der Waals surface area contributed by atoms with Crippen molar-refractivity contribution in [1.82, 2.24) is 5.32 Å². The number of nitrogens with zero attached hydrogens (tertiary/aromatic N) is 1. The molecule has 1 aliphatic rings. The summed E-state index contributed by atoms with van der Waals surface area (Å²) in [6.07, 6.45) is 0.823. The smallest absolute Gasteiger partial charge is 0.293 e. The topological polar surface area (TPSA) is 64.4 Å². The molecule has 0 aromatic rings. The van der Waals surface area contributed by atoms with Crippen LogP contribution >= 0.6 is 0 Å². The third-order valence-corrected chi connectivity index (χ3v) is 1.10. The second-order valence-corrected chi connectivity index (χ2v) is 2.14. The maximum absolute atomic E-state index is 9.87. The molecule has 5 nitrogen and oxygen atoms in total. The van der Waals surface area contributed by atoms with E-state index in [4.69, 9.17) is 4.74 Å². The van der Waals surface area contributed by atoms with Crippen LogP contribution in [0.4, 0.5) is 0 Å². The zero-order valence-electron chi connectivity index (χ0n) is 5.53. The molecule has 0 radical (unpaired) electrons. The van der Waals surface area contributed by atoms with Crippen molar-refractivity contribution in [2.24, 2.45) is 0 Å². The van der Waals surface area contributed by atoms with Crippen LogP contribution in [0.1, 0.15) is 6.92 Å². The van der Waals surface area contributed by atoms with Gasteiger partial charge in [0, 0.05) is 0 Å². The van der Waals surface area contributed by atoms with E-state index < -0.39 is 4.92 Å². The summed E-state index contributed by atoms with van der Waals surface area (Å²) in [4.78, 5) is 9.33. The van der Waals surface area contributed by atoms with E-state index in [1.54, 1.807) is 0 Å². The number of nitrogens with one attached hydrogen (secondary N) is 1. The van der Waals surface area contributed by atoms with Gasteiger partial charge in [0.05, 0.1) is 11.0 Å². The number of hydrogen-bond acceptors (Lipinski definition) is 4. The van der Waals surface area contributed by atoms with E-state index in [9.17, 15) is 10.1 Å². The van der Waals surface area contributed by atoms with E-state index in [1.165, 1.54) is 0 Å². The molecule has 1 heterocycles. The van der Waals surface area contributed by atoms with Gasteiger partial charge in [0.15, 0.2) is 0 Å². The Balaban J connectivity index is 2.51. The molecule has 56 valence electrons. The van der Waals surface area contributed by atoms with Crippen molar-refractivity contribution in [2.75, 3.05) is 6.61 Å². The highest BCUT2D eigenvalue weighted by molar-refractivity contribution is 4.91. The standard InChI is InChI=1S/C5H8N2O3/c1-4-3-10-5(6-4)2-7(8)9/h2,4,6H,3H2,1H3/b5-2+. The van der Waals surface area contributed by atoms with Crippen LogP contribution in [0, 0.1) is 10.1 Å². The van der Waals surface area contributed by atoms with E-state index in [1.807, 2.05) is 6.92 Å². The monoisotopic (exact) mass is 144 g/mol. The van der Waals surface area contributed by atoms with Crippen LogP contribution in [0.25, 0.3) is 0 Å². The molecule has 1 N–H and O–H groups in total. The third kappa shape index (κ3) is 1.61. The Morgan fingerprint density at radius 2 is 2.70 bits per heavy atom. The quantitative estimate of drug-likeness (QED) is 0.417. The summed E-state index contributed by atoms with van der Waals surface area (Å²) in [6, 6.07) is 0.172. The molecule has 1 saturated heterocycles. The highest BCUT2D eigenvalue weighted by Crippen LogP contribution is 2.04. The fourth-order valence-electron chi connectivity index (χ4n) is 0.711. The fraction of sp³-hybridized carbons (Fsp3) is 0.600. The maximum Gasteiger partial charge on any atom is 0.293 e. The number of hydrogen-bond donors (Lipinski definition) is 1. The average Bonchev–Trinajstić information content (AvgIpc) is 2.13. The number of rotatable bonds is 1. The zero-order chi connectivity index (χ0) is 7.56.